The molecule has 1 aliphatic heterocycles. The van der Waals surface area contributed by atoms with Gasteiger partial charge in [0.25, 0.3) is 0 Å². The zero-order chi connectivity index (χ0) is 22.6. The van der Waals surface area contributed by atoms with E-state index in [1.54, 1.807) is 0 Å². The lowest BCUT2D eigenvalue weighted by Gasteiger charge is -2.35. The normalized spacial score (nSPS) is 16.3. The first-order valence-electron chi connectivity index (χ1n) is 7.51. The van der Waals surface area contributed by atoms with Crippen LogP contribution >= 0.6 is 0 Å². The van der Waals surface area contributed by atoms with Crippen LogP contribution in [0.25, 0.3) is 0 Å². The van der Waals surface area contributed by atoms with Gasteiger partial charge >= 0.3 is 39.8 Å². The van der Waals surface area contributed by atoms with Crippen molar-refractivity contribution in [2.75, 3.05) is 0 Å². The maximum Gasteiger partial charge on any atom is 0.522 e. The van der Waals surface area contributed by atoms with Crippen LogP contribution in [0, 0.1) is 0 Å². The summed E-state index contributed by atoms with van der Waals surface area (Å²) >= 11 is 0. The molecule has 0 unspecified atom stereocenters. The van der Waals surface area contributed by atoms with Crippen molar-refractivity contribution in [3.8, 4) is 11.5 Å². The Kier molecular flexibility index (Phi) is 5.22. The molecule has 30 heavy (non-hydrogen) atoms. The Bertz CT molecular complexity index is 1100. The van der Waals surface area contributed by atoms with Crippen molar-refractivity contribution in [2.24, 2.45) is 0 Å². The smallest absolute Gasteiger partial charge is 0.457 e. The Morgan fingerprint density at radius 2 is 1.00 bits per heavy atom. The summed E-state index contributed by atoms with van der Waals surface area (Å²) in [5, 5.41) is -1.44. The standard InChI is InChI=1S/C14H8F6O7S2Si/c15-13(16,17)28(21,22)26-30(27-29(23,24)14(18,19)20)11-7-3-1-5-9(11)25-10-6-2-4-8-12(10)30/h1-8H. The second-order valence-corrected chi connectivity index (χ2v) is 12.1. The molecule has 0 atom stereocenters. The predicted octanol–water partition coefficient (Wildman–Crippen LogP) is 2.08. The molecule has 3 rings (SSSR count). The van der Waals surface area contributed by atoms with E-state index < -0.39 is 61.7 Å². The van der Waals surface area contributed by atoms with Gasteiger partial charge in [-0.1, -0.05) is 36.4 Å². The van der Waals surface area contributed by atoms with Crippen molar-refractivity contribution >= 4 is 39.2 Å². The van der Waals surface area contributed by atoms with E-state index >= 15 is 0 Å². The van der Waals surface area contributed by atoms with E-state index in [1.807, 2.05) is 0 Å². The van der Waals surface area contributed by atoms with E-state index in [-0.39, 0.29) is 0 Å². The largest absolute Gasteiger partial charge is 0.522 e. The number of hydrogen-bond acceptors (Lipinski definition) is 7. The van der Waals surface area contributed by atoms with Crippen molar-refractivity contribution in [3.05, 3.63) is 48.5 Å². The third-order valence-corrected chi connectivity index (χ3v) is 10.7. The van der Waals surface area contributed by atoms with Gasteiger partial charge in [0.05, 0.1) is 0 Å². The SMILES string of the molecule is O=S(=O)(O[Si]1(OS(=O)(=O)C(F)(F)F)c2ccccc2Oc2ccccc21)C(F)(F)F. The molecule has 2 aromatic carbocycles. The highest BCUT2D eigenvalue weighted by Crippen LogP contribution is 2.37. The van der Waals surface area contributed by atoms with Gasteiger partial charge < -0.3 is 4.74 Å². The van der Waals surface area contributed by atoms with E-state index in [0.717, 1.165) is 36.4 Å². The highest BCUT2D eigenvalue weighted by Gasteiger charge is 2.64. The van der Waals surface area contributed by atoms with Gasteiger partial charge in [0.1, 0.15) is 11.5 Å². The van der Waals surface area contributed by atoms with Crippen molar-refractivity contribution < 1.29 is 55.7 Å². The van der Waals surface area contributed by atoms with Crippen LogP contribution in [0.5, 0.6) is 11.5 Å². The van der Waals surface area contributed by atoms with Crippen LogP contribution in [0.3, 0.4) is 0 Å². The van der Waals surface area contributed by atoms with Crippen LogP contribution in [0.4, 0.5) is 26.3 Å². The Morgan fingerprint density at radius 3 is 1.33 bits per heavy atom. The van der Waals surface area contributed by atoms with Crippen molar-refractivity contribution in [2.45, 2.75) is 11.0 Å². The zero-order valence-corrected chi connectivity index (χ0v) is 16.7. The minimum atomic E-state index is -6.61. The van der Waals surface area contributed by atoms with Crippen LogP contribution in [0.1, 0.15) is 0 Å². The molecule has 0 N–H and O–H groups in total. The first-order valence-corrected chi connectivity index (χ1v) is 12.1. The predicted molar refractivity (Wildman–Crippen MR) is 90.1 cm³/mol. The fraction of sp³-hybridized carbons (Fsp3) is 0.143. The highest BCUT2D eigenvalue weighted by molar-refractivity contribution is 7.90. The molecule has 164 valence electrons. The van der Waals surface area contributed by atoms with Gasteiger partial charge in [0.2, 0.25) is 0 Å². The molecule has 0 aromatic heterocycles. The summed E-state index contributed by atoms with van der Waals surface area (Å²) < 4.78 is 139. The first-order chi connectivity index (χ1) is 13.6. The summed E-state index contributed by atoms with van der Waals surface area (Å²) in [6.45, 7) is 0. The van der Waals surface area contributed by atoms with Gasteiger partial charge in [-0.05, 0) is 12.1 Å². The molecule has 7 nitrogen and oxygen atoms in total. The third-order valence-electron chi connectivity index (χ3n) is 3.72. The molecule has 0 saturated carbocycles. The molecule has 0 saturated heterocycles. The van der Waals surface area contributed by atoms with E-state index in [2.05, 4.69) is 7.74 Å². The number of alkyl halides is 6. The van der Waals surface area contributed by atoms with E-state index in [0.29, 0.717) is 0 Å². The van der Waals surface area contributed by atoms with Crippen LogP contribution in [0.15, 0.2) is 48.5 Å². The molecule has 2 aromatic rings. The zero-order valence-electron chi connectivity index (χ0n) is 14.1. The number of para-hydroxylation sites is 2. The van der Waals surface area contributed by atoms with Gasteiger partial charge in [-0.2, -0.15) is 43.2 Å². The molecule has 0 fully saturated rings. The Labute approximate surface area is 166 Å². The molecule has 0 bridgehead atoms. The fourth-order valence-corrected chi connectivity index (χ4v) is 9.38. The lowest BCUT2D eigenvalue weighted by atomic mass is 10.3. The van der Waals surface area contributed by atoms with Gasteiger partial charge in [-0.25, -0.2) is 0 Å². The number of ether oxygens (including phenoxy) is 1. The first kappa shape index (κ1) is 22.5. The lowest BCUT2D eigenvalue weighted by molar-refractivity contribution is -0.0527. The molecular formula is C14H8F6O7S2Si. The highest BCUT2D eigenvalue weighted by atomic mass is 32.2. The molecule has 0 amide bonds. The Hall–Kier alpha value is -2.14. The lowest BCUT2D eigenvalue weighted by Crippen LogP contribution is -2.68. The molecule has 16 heteroatoms. The number of halogens is 6. The minimum absolute atomic E-state index is 0.433. The molecular weight excluding hydrogens is 486 g/mol. The Morgan fingerprint density at radius 1 is 0.667 bits per heavy atom. The van der Waals surface area contributed by atoms with Crippen LogP contribution < -0.4 is 15.1 Å². The van der Waals surface area contributed by atoms with Crippen LogP contribution in [-0.2, 0) is 28.0 Å². The summed E-state index contributed by atoms with van der Waals surface area (Å²) in [5.74, 6) is -0.866. The van der Waals surface area contributed by atoms with E-state index in [1.165, 1.54) is 12.1 Å². The average Bonchev–Trinajstić information content (AvgIpc) is 2.59. The summed E-state index contributed by atoms with van der Waals surface area (Å²) in [6.07, 6.45) is 0. The van der Waals surface area contributed by atoms with Crippen LogP contribution in [-0.4, -0.2) is 36.4 Å². The van der Waals surface area contributed by atoms with Gasteiger partial charge in [-0.3, -0.25) is 7.74 Å². The fourth-order valence-electron chi connectivity index (χ4n) is 2.52. The number of rotatable bonds is 4. The molecule has 1 aliphatic rings. The number of hydrogen-bond donors (Lipinski definition) is 0. The Balaban J connectivity index is 2.39. The maximum absolute atomic E-state index is 13.0. The minimum Gasteiger partial charge on any atom is -0.457 e. The second-order valence-electron chi connectivity index (χ2n) is 5.68. The summed E-state index contributed by atoms with van der Waals surface area (Å²) in [6, 6.07) is 8.59. The van der Waals surface area contributed by atoms with Crippen molar-refractivity contribution in [1.29, 1.82) is 0 Å². The maximum atomic E-state index is 13.0. The van der Waals surface area contributed by atoms with E-state index in [4.69, 9.17) is 4.74 Å². The summed E-state index contributed by atoms with van der Waals surface area (Å²) in [4.78, 5) is 0. The van der Waals surface area contributed by atoms with Gasteiger partial charge in [0, 0.05) is 10.4 Å². The third kappa shape index (κ3) is 3.68. The molecule has 0 radical (unpaired) electrons. The van der Waals surface area contributed by atoms with Crippen LogP contribution in [0.2, 0.25) is 0 Å². The van der Waals surface area contributed by atoms with Gasteiger partial charge in [0.15, 0.2) is 0 Å². The topological polar surface area (TPSA) is 96.0 Å². The summed E-state index contributed by atoms with van der Waals surface area (Å²) in [5.41, 5.74) is -12.2. The summed E-state index contributed by atoms with van der Waals surface area (Å²) in [7, 11) is -19.0. The van der Waals surface area contributed by atoms with Crippen molar-refractivity contribution in [3.63, 3.8) is 0 Å². The molecule has 0 aliphatic carbocycles. The average molecular weight is 494 g/mol. The monoisotopic (exact) mass is 494 g/mol. The van der Waals surface area contributed by atoms with Crippen molar-refractivity contribution in [1.82, 2.24) is 0 Å². The second kappa shape index (κ2) is 6.94. The van der Waals surface area contributed by atoms with Gasteiger partial charge in [-0.15, -0.1) is 0 Å². The molecule has 1 heterocycles. The number of fused-ring (bicyclic) bond motifs is 2. The van der Waals surface area contributed by atoms with E-state index in [9.17, 15) is 43.2 Å². The quantitative estimate of drug-likeness (QED) is 0.365. The number of benzene rings is 2. The molecule has 0 spiro atoms.